The molecule has 3 atom stereocenters. The second-order valence-corrected chi connectivity index (χ2v) is 4.44. The summed E-state index contributed by atoms with van der Waals surface area (Å²) in [6.45, 7) is 0. The molecule has 0 spiro atoms. The molecular formula is C10H19NO. The predicted molar refractivity (Wildman–Crippen MR) is 48.0 cm³/mol. The first-order valence-corrected chi connectivity index (χ1v) is 5.30. The molecule has 2 aliphatic carbocycles. The minimum atomic E-state index is 0.393. The lowest BCUT2D eigenvalue weighted by atomic mass is 9.69. The zero-order chi connectivity index (χ0) is 8.39. The van der Waals surface area contributed by atoms with Crippen LogP contribution in [0, 0.1) is 11.8 Å². The van der Waals surface area contributed by atoms with Gasteiger partial charge in [-0.25, -0.2) is 5.48 Å². The normalized spacial score (nSPS) is 42.2. The summed E-state index contributed by atoms with van der Waals surface area (Å²) in [6.07, 6.45) is 9.44. The highest BCUT2D eigenvalue weighted by Gasteiger charge is 2.31. The second-order valence-electron chi connectivity index (χ2n) is 4.44. The molecule has 2 aliphatic rings. The van der Waals surface area contributed by atoms with Crippen molar-refractivity contribution in [2.24, 2.45) is 11.8 Å². The molecule has 0 amide bonds. The van der Waals surface area contributed by atoms with Gasteiger partial charge in [0.2, 0.25) is 0 Å². The Morgan fingerprint density at radius 1 is 0.917 bits per heavy atom. The van der Waals surface area contributed by atoms with Gasteiger partial charge in [0.25, 0.3) is 0 Å². The first-order chi connectivity index (χ1) is 5.90. The SMILES string of the molecule is ONC1CCC2CCCCC2C1. The third-order valence-corrected chi connectivity index (χ3v) is 3.72. The van der Waals surface area contributed by atoms with Crippen LogP contribution in [0.5, 0.6) is 0 Å². The van der Waals surface area contributed by atoms with E-state index in [-0.39, 0.29) is 0 Å². The van der Waals surface area contributed by atoms with Gasteiger partial charge < -0.3 is 5.21 Å². The summed E-state index contributed by atoms with van der Waals surface area (Å²) in [6, 6.07) is 0.393. The summed E-state index contributed by atoms with van der Waals surface area (Å²) in [4.78, 5) is 0. The number of rotatable bonds is 1. The lowest BCUT2D eigenvalue weighted by molar-refractivity contribution is 0.0599. The molecule has 0 aliphatic heterocycles. The van der Waals surface area contributed by atoms with Gasteiger partial charge in [0, 0.05) is 6.04 Å². The van der Waals surface area contributed by atoms with Crippen LogP contribution < -0.4 is 5.48 Å². The van der Waals surface area contributed by atoms with Gasteiger partial charge in [-0.2, -0.15) is 0 Å². The van der Waals surface area contributed by atoms with Crippen LogP contribution in [0.4, 0.5) is 0 Å². The van der Waals surface area contributed by atoms with E-state index in [0.29, 0.717) is 6.04 Å². The van der Waals surface area contributed by atoms with E-state index < -0.39 is 0 Å². The van der Waals surface area contributed by atoms with Gasteiger partial charge in [-0.05, 0) is 31.1 Å². The molecule has 2 rings (SSSR count). The lowest BCUT2D eigenvalue weighted by Gasteiger charge is -2.38. The van der Waals surface area contributed by atoms with E-state index >= 15 is 0 Å². The van der Waals surface area contributed by atoms with Crippen molar-refractivity contribution in [1.82, 2.24) is 5.48 Å². The maximum absolute atomic E-state index is 8.83. The number of hydrogen-bond donors (Lipinski definition) is 2. The molecule has 0 saturated heterocycles. The summed E-state index contributed by atoms with van der Waals surface area (Å²) in [5, 5.41) is 8.83. The summed E-state index contributed by atoms with van der Waals surface area (Å²) in [7, 11) is 0. The van der Waals surface area contributed by atoms with Crippen molar-refractivity contribution < 1.29 is 5.21 Å². The molecule has 0 bridgehead atoms. The van der Waals surface area contributed by atoms with E-state index in [2.05, 4.69) is 5.48 Å². The second kappa shape index (κ2) is 3.75. The topological polar surface area (TPSA) is 32.3 Å². The van der Waals surface area contributed by atoms with Crippen LogP contribution in [0.15, 0.2) is 0 Å². The highest BCUT2D eigenvalue weighted by molar-refractivity contribution is 4.84. The van der Waals surface area contributed by atoms with E-state index in [9.17, 15) is 0 Å². The van der Waals surface area contributed by atoms with Crippen molar-refractivity contribution in [3.8, 4) is 0 Å². The Hall–Kier alpha value is -0.0800. The van der Waals surface area contributed by atoms with Crippen molar-refractivity contribution in [3.63, 3.8) is 0 Å². The highest BCUT2D eigenvalue weighted by Crippen LogP contribution is 2.40. The van der Waals surface area contributed by atoms with Gasteiger partial charge in [-0.1, -0.05) is 25.7 Å². The van der Waals surface area contributed by atoms with Crippen LogP contribution in [0.25, 0.3) is 0 Å². The van der Waals surface area contributed by atoms with Gasteiger partial charge in [0.05, 0.1) is 0 Å². The molecular weight excluding hydrogens is 150 g/mol. The first kappa shape index (κ1) is 8.52. The Bertz CT molecular complexity index is 149. The third kappa shape index (κ3) is 1.64. The Labute approximate surface area is 74.3 Å². The maximum Gasteiger partial charge on any atom is 0.0322 e. The minimum Gasteiger partial charge on any atom is -0.317 e. The van der Waals surface area contributed by atoms with Gasteiger partial charge in [-0.15, -0.1) is 0 Å². The van der Waals surface area contributed by atoms with Crippen LogP contribution in [0.2, 0.25) is 0 Å². The molecule has 0 aromatic carbocycles. The Kier molecular flexibility index (Phi) is 2.66. The van der Waals surface area contributed by atoms with Crippen LogP contribution >= 0.6 is 0 Å². The van der Waals surface area contributed by atoms with Crippen LogP contribution in [-0.2, 0) is 0 Å². The molecule has 2 fully saturated rings. The summed E-state index contributed by atoms with van der Waals surface area (Å²) < 4.78 is 0. The van der Waals surface area contributed by atoms with Crippen molar-refractivity contribution >= 4 is 0 Å². The monoisotopic (exact) mass is 169 g/mol. The van der Waals surface area contributed by atoms with Crippen molar-refractivity contribution in [3.05, 3.63) is 0 Å². The van der Waals surface area contributed by atoms with Gasteiger partial charge in [0.1, 0.15) is 0 Å². The molecule has 0 aromatic rings. The Morgan fingerprint density at radius 3 is 2.42 bits per heavy atom. The number of fused-ring (bicyclic) bond motifs is 1. The minimum absolute atomic E-state index is 0.393. The van der Waals surface area contributed by atoms with E-state index in [4.69, 9.17) is 5.21 Å². The summed E-state index contributed by atoms with van der Waals surface area (Å²) in [5.41, 5.74) is 2.44. The summed E-state index contributed by atoms with van der Waals surface area (Å²) in [5.74, 6) is 1.90. The van der Waals surface area contributed by atoms with E-state index in [1.807, 2.05) is 0 Å². The standard InChI is InChI=1S/C10H19NO/c12-11-10-6-5-8-3-1-2-4-9(8)7-10/h8-12H,1-7H2. The fourth-order valence-electron chi connectivity index (χ4n) is 2.99. The van der Waals surface area contributed by atoms with E-state index in [1.54, 1.807) is 0 Å². The fourth-order valence-corrected chi connectivity index (χ4v) is 2.99. The third-order valence-electron chi connectivity index (χ3n) is 3.72. The Balaban J connectivity index is 1.90. The van der Waals surface area contributed by atoms with E-state index in [0.717, 1.165) is 11.8 Å². The molecule has 2 nitrogen and oxygen atoms in total. The van der Waals surface area contributed by atoms with E-state index in [1.165, 1.54) is 44.9 Å². The average molecular weight is 169 g/mol. The van der Waals surface area contributed by atoms with Crippen molar-refractivity contribution in [2.45, 2.75) is 51.0 Å². The van der Waals surface area contributed by atoms with Crippen LogP contribution in [0.1, 0.15) is 44.9 Å². The fraction of sp³-hybridized carbons (Fsp3) is 1.00. The van der Waals surface area contributed by atoms with Gasteiger partial charge >= 0.3 is 0 Å². The molecule has 0 radical (unpaired) electrons. The number of hydrogen-bond acceptors (Lipinski definition) is 2. The zero-order valence-corrected chi connectivity index (χ0v) is 7.63. The van der Waals surface area contributed by atoms with Crippen LogP contribution in [-0.4, -0.2) is 11.2 Å². The predicted octanol–water partition coefficient (Wildman–Crippen LogP) is 2.32. The average Bonchev–Trinajstić information content (AvgIpc) is 2.17. The van der Waals surface area contributed by atoms with Gasteiger partial charge in [-0.3, -0.25) is 0 Å². The van der Waals surface area contributed by atoms with Crippen molar-refractivity contribution in [1.29, 1.82) is 0 Å². The largest absolute Gasteiger partial charge is 0.317 e. The van der Waals surface area contributed by atoms with Crippen LogP contribution in [0.3, 0.4) is 0 Å². The lowest BCUT2D eigenvalue weighted by Crippen LogP contribution is -2.37. The molecule has 12 heavy (non-hydrogen) atoms. The molecule has 70 valence electrons. The molecule has 2 saturated carbocycles. The molecule has 3 unspecified atom stereocenters. The molecule has 2 N–H and O–H groups in total. The zero-order valence-electron chi connectivity index (χ0n) is 7.63. The number of nitrogens with one attached hydrogen (secondary N) is 1. The smallest absolute Gasteiger partial charge is 0.0322 e. The molecule has 0 aromatic heterocycles. The molecule has 0 heterocycles. The quantitative estimate of drug-likeness (QED) is 0.590. The maximum atomic E-state index is 8.83. The van der Waals surface area contributed by atoms with Crippen molar-refractivity contribution in [2.75, 3.05) is 0 Å². The van der Waals surface area contributed by atoms with Gasteiger partial charge in [0.15, 0.2) is 0 Å². The highest BCUT2D eigenvalue weighted by atomic mass is 16.5. The first-order valence-electron chi connectivity index (χ1n) is 5.30. The molecule has 2 heteroatoms. The Morgan fingerprint density at radius 2 is 1.67 bits per heavy atom. The summed E-state index contributed by atoms with van der Waals surface area (Å²) >= 11 is 0. The number of hydroxylamine groups is 1.